The van der Waals surface area contributed by atoms with Crippen molar-refractivity contribution in [2.75, 3.05) is 0 Å². The topological polar surface area (TPSA) is 0 Å². The molecule has 1 aromatic heterocycles. The number of thiophene rings is 1. The Morgan fingerprint density at radius 3 is 2.30 bits per heavy atom. The van der Waals surface area contributed by atoms with Crippen LogP contribution in [-0.4, -0.2) is 8.07 Å². The minimum atomic E-state index is -0.972. The van der Waals surface area contributed by atoms with Crippen molar-refractivity contribution >= 4 is 35.4 Å². The van der Waals surface area contributed by atoms with E-state index in [0.717, 1.165) is 5.54 Å². The predicted octanol–water partition coefficient (Wildman–Crippen LogP) is 4.08. The van der Waals surface area contributed by atoms with Crippen molar-refractivity contribution in [3.63, 3.8) is 0 Å². The van der Waals surface area contributed by atoms with Gasteiger partial charge in [-0.15, -0.1) is 45.9 Å². The molecule has 7 rings (SSSR count). The van der Waals surface area contributed by atoms with Gasteiger partial charge < -0.3 is 24.8 Å². The third kappa shape index (κ3) is 6.17. The van der Waals surface area contributed by atoms with Gasteiger partial charge in [-0.25, -0.2) is 0 Å². The quantitative estimate of drug-likeness (QED) is 0.169. The first kappa shape index (κ1) is 32.4. The Morgan fingerprint density at radius 2 is 1.65 bits per heavy atom. The Balaban J connectivity index is 0.000000274. The summed E-state index contributed by atoms with van der Waals surface area (Å²) in [5, 5.41) is 6.74. The molecule has 3 heterocycles. The van der Waals surface area contributed by atoms with Gasteiger partial charge in [-0.2, -0.15) is 6.07 Å². The molecule has 5 heteroatoms. The van der Waals surface area contributed by atoms with Crippen LogP contribution in [0.25, 0.3) is 27.1 Å². The minimum absolute atomic E-state index is 0. The van der Waals surface area contributed by atoms with Crippen molar-refractivity contribution in [3.8, 4) is 11.1 Å². The van der Waals surface area contributed by atoms with Gasteiger partial charge in [0.25, 0.3) is 0 Å². The molecule has 2 bridgehead atoms. The monoisotopic (exact) mass is 641 g/mol. The summed E-state index contributed by atoms with van der Waals surface area (Å²) in [6.45, 7) is 11.8. The molecule has 0 N–H and O–H groups in total. The fraction of sp³-hybridized carbons (Fsp3) is 0.344. The summed E-state index contributed by atoms with van der Waals surface area (Å²) in [5.41, 5.74) is 9.71. The van der Waals surface area contributed by atoms with Crippen molar-refractivity contribution in [1.82, 2.24) is 0 Å². The van der Waals surface area contributed by atoms with E-state index in [1.165, 1.54) is 65.1 Å². The molecule has 1 unspecified atom stereocenters. The predicted molar refractivity (Wildman–Crippen MR) is 155 cm³/mol. The van der Waals surface area contributed by atoms with Crippen LogP contribution in [0.2, 0.25) is 13.1 Å². The van der Waals surface area contributed by atoms with Gasteiger partial charge >= 0.3 is 26.2 Å². The third-order valence-electron chi connectivity index (χ3n) is 7.91. The van der Waals surface area contributed by atoms with E-state index in [1.54, 1.807) is 21.2 Å². The van der Waals surface area contributed by atoms with Crippen LogP contribution >= 0.6 is 11.3 Å². The van der Waals surface area contributed by atoms with Gasteiger partial charge in [0.2, 0.25) is 0 Å². The summed E-state index contributed by atoms with van der Waals surface area (Å²) in [7, 11) is -0.972. The smallest absolute Gasteiger partial charge is 1.00 e. The maximum absolute atomic E-state index is 2.51. The summed E-state index contributed by atoms with van der Waals surface area (Å²) in [6.07, 6.45) is 6.54. The molecule has 0 spiro atoms. The molecule has 2 aliphatic heterocycles. The van der Waals surface area contributed by atoms with Gasteiger partial charge in [0.1, 0.15) is 0 Å². The van der Waals surface area contributed by atoms with Crippen LogP contribution in [0.1, 0.15) is 66.6 Å². The van der Waals surface area contributed by atoms with Gasteiger partial charge in [0.05, 0.1) is 8.07 Å². The summed E-state index contributed by atoms with van der Waals surface area (Å²) in [6, 6.07) is 22.7. The molecule has 1 radical (unpaired) electrons. The van der Waals surface area contributed by atoms with Crippen molar-refractivity contribution in [2.45, 2.75) is 71.5 Å². The number of aryl methyl sites for hydroxylation is 2. The number of fused-ring (bicyclic) bond motifs is 1. The Hall–Kier alpha value is -0.830. The largest absolute Gasteiger partial charge is 3.00 e. The van der Waals surface area contributed by atoms with Crippen molar-refractivity contribution in [2.24, 2.45) is 0 Å². The van der Waals surface area contributed by atoms with E-state index in [4.69, 9.17) is 0 Å². The van der Waals surface area contributed by atoms with Crippen molar-refractivity contribution < 1.29 is 51.0 Å². The van der Waals surface area contributed by atoms with E-state index in [1.807, 2.05) is 11.3 Å². The molecule has 0 saturated carbocycles. The van der Waals surface area contributed by atoms with Crippen LogP contribution in [0.15, 0.2) is 71.6 Å². The fourth-order valence-electron chi connectivity index (χ4n) is 6.35. The number of hydrogen-bond acceptors (Lipinski definition) is 1. The number of halogens is 2. The first-order valence-electron chi connectivity index (χ1n) is 13.0. The van der Waals surface area contributed by atoms with Gasteiger partial charge in [-0.05, 0) is 53.1 Å². The van der Waals surface area contributed by atoms with Gasteiger partial charge in [0, 0.05) is 10.4 Å². The fourth-order valence-corrected chi connectivity index (χ4v) is 12.6. The second-order valence-corrected chi connectivity index (χ2v) is 16.2. The van der Waals surface area contributed by atoms with Crippen LogP contribution in [0, 0.1) is 6.92 Å². The zero-order valence-corrected chi connectivity index (χ0v) is 28.4. The van der Waals surface area contributed by atoms with Gasteiger partial charge in [-0.1, -0.05) is 87.7 Å². The van der Waals surface area contributed by atoms with Crippen LogP contribution < -0.4 is 24.8 Å². The van der Waals surface area contributed by atoms with E-state index in [0.29, 0.717) is 0 Å². The van der Waals surface area contributed by atoms with Gasteiger partial charge in [-0.3, -0.25) is 0 Å². The zero-order chi connectivity index (χ0) is 23.9. The maximum atomic E-state index is 2.51. The van der Waals surface area contributed by atoms with Crippen LogP contribution in [0.4, 0.5) is 0 Å². The second-order valence-electron chi connectivity index (χ2n) is 10.8. The van der Waals surface area contributed by atoms with Crippen LogP contribution in [0.5, 0.6) is 0 Å². The Kier molecular flexibility index (Phi) is 11.8. The van der Waals surface area contributed by atoms with Gasteiger partial charge in [0.15, 0.2) is 0 Å². The molecule has 0 amide bonds. The Labute approximate surface area is 260 Å². The molecule has 193 valence electrons. The molecule has 3 aliphatic rings. The number of allylic oxidation sites excluding steroid dienone is 1. The third-order valence-corrected chi connectivity index (χ3v) is 13.2. The summed E-state index contributed by atoms with van der Waals surface area (Å²) >= 11 is 1.94. The molecule has 37 heavy (non-hydrogen) atoms. The summed E-state index contributed by atoms with van der Waals surface area (Å²) in [5.74, 6) is 0. The first-order chi connectivity index (χ1) is 16.4. The maximum Gasteiger partial charge on any atom is 3.00 e. The van der Waals surface area contributed by atoms with E-state index < -0.39 is 8.07 Å². The van der Waals surface area contributed by atoms with Crippen molar-refractivity contribution in [1.29, 1.82) is 0 Å². The minimum Gasteiger partial charge on any atom is -1.00 e. The molecule has 0 saturated heterocycles. The average molecular weight is 644 g/mol. The van der Waals surface area contributed by atoms with Crippen LogP contribution in [0.3, 0.4) is 0 Å². The molecule has 1 atom stereocenters. The number of rotatable bonds is 6. The van der Waals surface area contributed by atoms with E-state index in [2.05, 4.69) is 99.9 Å². The van der Waals surface area contributed by atoms with Crippen molar-refractivity contribution in [3.05, 3.63) is 93.2 Å². The summed E-state index contributed by atoms with van der Waals surface area (Å²) in [4.78, 5) is 1.63. The molecule has 0 nitrogen and oxygen atoms in total. The molecule has 4 aromatic rings. The molecular weight excluding hydrogens is 607 g/mol. The number of benzene rings is 2. The Bertz CT molecular complexity index is 1350. The molecule has 0 fully saturated rings. The SMILES string of the molecule is CC1=C2c3sccc3C1[Si]2(C)C.CCCCCCc1ccc(-c2cccc3[cH-]c(C)cc23)cc1.[Cl-].[Cl-].[Zr+3]. The standard InChI is InChI=1S/C22H25.C10H12SSi.2ClH.Zr/c1-3-4-5-6-8-18-11-13-19(14-12-18)21-10-7-9-20-15-17(2)16-22(20)21;1-6-9-7-4-5-11-8(7)10(6)12(9,2)3;;;/h7,9-16H,3-6,8H2,1-2H3;4-5,9H,1-3H3;2*1H;/q-1;;;;+3/p-2. The first-order valence-corrected chi connectivity index (χ1v) is 16.9. The van der Waals surface area contributed by atoms with E-state index >= 15 is 0 Å². The number of hydrogen-bond donors (Lipinski definition) is 0. The molecule has 3 aromatic carbocycles. The van der Waals surface area contributed by atoms with Crippen LogP contribution in [-0.2, 0) is 32.6 Å². The molecule has 1 aliphatic carbocycles. The average Bonchev–Trinajstić information content (AvgIpc) is 3.53. The zero-order valence-electron chi connectivity index (χ0n) is 22.6. The summed E-state index contributed by atoms with van der Waals surface area (Å²) < 4.78 is 0. The molecular formula is C32H37Cl2SSiZr. The Morgan fingerprint density at radius 1 is 0.919 bits per heavy atom. The second kappa shape index (κ2) is 13.5. The normalized spacial score (nSPS) is 16.0. The number of unbranched alkanes of at least 4 members (excludes halogenated alkanes) is 3. The van der Waals surface area contributed by atoms with E-state index in [9.17, 15) is 0 Å². The van der Waals surface area contributed by atoms with E-state index in [-0.39, 0.29) is 51.0 Å².